The number of ether oxygens (including phenoxy) is 1. The third kappa shape index (κ3) is 4.24. The van der Waals surface area contributed by atoms with Gasteiger partial charge in [0.25, 0.3) is 0 Å². The number of halogens is 1. The molecule has 0 aromatic carbocycles. The number of rotatable bonds is 1. The predicted octanol–water partition coefficient (Wildman–Crippen LogP) is 3.10. The van der Waals surface area contributed by atoms with E-state index < -0.39 is 5.60 Å². The van der Waals surface area contributed by atoms with Gasteiger partial charge in [-0.15, -0.1) is 0 Å². The van der Waals surface area contributed by atoms with Crippen molar-refractivity contribution in [1.29, 1.82) is 0 Å². The number of carbonyl (C=O) groups is 1. The Kier molecular flexibility index (Phi) is 4.61. The predicted molar refractivity (Wildman–Crippen MR) is 84.0 cm³/mol. The lowest BCUT2D eigenvalue weighted by atomic mass is 10.2. The molecule has 6 heteroatoms. The van der Waals surface area contributed by atoms with Gasteiger partial charge in [-0.05, 0) is 39.3 Å². The summed E-state index contributed by atoms with van der Waals surface area (Å²) < 4.78 is 5.40. The van der Waals surface area contributed by atoms with E-state index in [9.17, 15) is 4.79 Å². The average Bonchev–Trinajstić information content (AvgIpc) is 2.37. The lowest BCUT2D eigenvalue weighted by Gasteiger charge is -2.37. The van der Waals surface area contributed by atoms with E-state index in [1.165, 1.54) is 0 Å². The molecule has 0 spiro atoms. The average molecular weight is 312 g/mol. The highest BCUT2D eigenvalue weighted by molar-refractivity contribution is 6.29. The summed E-state index contributed by atoms with van der Waals surface area (Å²) in [7, 11) is 0. The van der Waals surface area contributed by atoms with Gasteiger partial charge in [-0.1, -0.05) is 11.6 Å². The molecule has 5 nitrogen and oxygen atoms in total. The SMILES string of the molecule is Cc1cc(Cl)ncc1N1CCN(C(=O)OC(C)(C)C)CC1. The largest absolute Gasteiger partial charge is 0.444 e. The van der Waals surface area contributed by atoms with Crippen molar-refractivity contribution in [1.82, 2.24) is 9.88 Å². The maximum absolute atomic E-state index is 12.0. The third-order valence-electron chi connectivity index (χ3n) is 3.32. The minimum Gasteiger partial charge on any atom is -0.444 e. The molecule has 0 atom stereocenters. The van der Waals surface area contributed by atoms with Crippen molar-refractivity contribution in [2.24, 2.45) is 0 Å². The number of anilines is 1. The van der Waals surface area contributed by atoms with Crippen LogP contribution in [0.1, 0.15) is 26.3 Å². The Bertz CT molecular complexity index is 520. The highest BCUT2D eigenvalue weighted by atomic mass is 35.5. The van der Waals surface area contributed by atoms with Crippen LogP contribution in [0.4, 0.5) is 10.5 Å². The quantitative estimate of drug-likeness (QED) is 0.748. The summed E-state index contributed by atoms with van der Waals surface area (Å²) in [6.07, 6.45) is 1.55. The number of amides is 1. The molecule has 1 aliphatic rings. The molecule has 21 heavy (non-hydrogen) atoms. The fraction of sp³-hybridized carbons (Fsp3) is 0.600. The molecule has 2 heterocycles. The number of aromatic nitrogens is 1. The van der Waals surface area contributed by atoms with Gasteiger partial charge in [-0.3, -0.25) is 0 Å². The molecule has 1 saturated heterocycles. The molecule has 1 amide bonds. The zero-order valence-corrected chi connectivity index (χ0v) is 13.8. The Morgan fingerprint density at radius 2 is 1.90 bits per heavy atom. The molecule has 0 N–H and O–H groups in total. The maximum atomic E-state index is 12.0. The zero-order chi connectivity index (χ0) is 15.6. The number of hydrogen-bond acceptors (Lipinski definition) is 4. The third-order valence-corrected chi connectivity index (χ3v) is 3.53. The first kappa shape index (κ1) is 15.9. The molecule has 2 rings (SSSR count). The summed E-state index contributed by atoms with van der Waals surface area (Å²) in [5.41, 5.74) is 1.72. The standard InChI is InChI=1S/C15H22ClN3O2/c1-11-9-13(16)17-10-12(11)18-5-7-19(8-6-18)14(20)21-15(2,3)4/h9-10H,5-8H2,1-4H3. The van der Waals surface area contributed by atoms with E-state index in [1.807, 2.05) is 33.8 Å². The van der Waals surface area contributed by atoms with Gasteiger partial charge < -0.3 is 14.5 Å². The van der Waals surface area contributed by atoms with Crippen molar-refractivity contribution < 1.29 is 9.53 Å². The Hall–Kier alpha value is -1.49. The second-order valence-corrected chi connectivity index (χ2v) is 6.64. The summed E-state index contributed by atoms with van der Waals surface area (Å²) in [4.78, 5) is 20.1. The van der Waals surface area contributed by atoms with Crippen molar-refractivity contribution >= 4 is 23.4 Å². The molecule has 0 unspecified atom stereocenters. The lowest BCUT2D eigenvalue weighted by Crippen LogP contribution is -2.50. The van der Waals surface area contributed by atoms with Crippen LogP contribution in [-0.4, -0.2) is 47.8 Å². The van der Waals surface area contributed by atoms with E-state index >= 15 is 0 Å². The molecular formula is C15H22ClN3O2. The Balaban J connectivity index is 1.95. The van der Waals surface area contributed by atoms with Crippen LogP contribution < -0.4 is 4.90 Å². The smallest absolute Gasteiger partial charge is 0.410 e. The van der Waals surface area contributed by atoms with Crippen molar-refractivity contribution in [3.05, 3.63) is 23.0 Å². The Morgan fingerprint density at radius 1 is 1.29 bits per heavy atom. The normalized spacial score (nSPS) is 16.0. The van der Waals surface area contributed by atoms with Crippen LogP contribution in [0.2, 0.25) is 5.15 Å². The lowest BCUT2D eigenvalue weighted by molar-refractivity contribution is 0.0240. The van der Waals surface area contributed by atoms with Gasteiger partial charge in [0.1, 0.15) is 10.8 Å². The van der Waals surface area contributed by atoms with E-state index in [4.69, 9.17) is 16.3 Å². The molecule has 116 valence electrons. The van der Waals surface area contributed by atoms with Gasteiger partial charge in [0, 0.05) is 26.2 Å². The molecule has 0 saturated carbocycles. The summed E-state index contributed by atoms with van der Waals surface area (Å²) >= 11 is 5.88. The van der Waals surface area contributed by atoms with Crippen LogP contribution in [0.15, 0.2) is 12.3 Å². The summed E-state index contributed by atoms with van der Waals surface area (Å²) in [6.45, 7) is 10.5. The maximum Gasteiger partial charge on any atom is 0.410 e. The molecule has 1 aliphatic heterocycles. The molecule has 0 radical (unpaired) electrons. The van der Waals surface area contributed by atoms with Crippen LogP contribution in [0, 0.1) is 6.92 Å². The molecule has 0 bridgehead atoms. The fourth-order valence-electron chi connectivity index (χ4n) is 2.30. The van der Waals surface area contributed by atoms with E-state index in [0.29, 0.717) is 18.2 Å². The van der Waals surface area contributed by atoms with E-state index in [2.05, 4.69) is 9.88 Å². The topological polar surface area (TPSA) is 45.7 Å². The first-order valence-corrected chi connectivity index (χ1v) is 7.49. The second kappa shape index (κ2) is 6.10. The second-order valence-electron chi connectivity index (χ2n) is 6.25. The number of carbonyl (C=O) groups excluding carboxylic acids is 1. The highest BCUT2D eigenvalue weighted by Gasteiger charge is 2.26. The van der Waals surface area contributed by atoms with Crippen LogP contribution >= 0.6 is 11.6 Å². The monoisotopic (exact) mass is 311 g/mol. The minimum atomic E-state index is -0.453. The molecule has 1 aromatic heterocycles. The van der Waals surface area contributed by atoms with Gasteiger partial charge in [0.05, 0.1) is 11.9 Å². The molecule has 1 fully saturated rings. The Morgan fingerprint density at radius 3 is 2.43 bits per heavy atom. The fourth-order valence-corrected chi connectivity index (χ4v) is 2.51. The van der Waals surface area contributed by atoms with Gasteiger partial charge in [-0.25, -0.2) is 9.78 Å². The number of aryl methyl sites for hydroxylation is 1. The first-order valence-electron chi connectivity index (χ1n) is 7.11. The summed E-state index contributed by atoms with van der Waals surface area (Å²) in [5, 5.41) is 0.503. The Labute approximate surface area is 130 Å². The van der Waals surface area contributed by atoms with Gasteiger partial charge in [0.2, 0.25) is 0 Å². The number of piperazine rings is 1. The zero-order valence-electron chi connectivity index (χ0n) is 13.0. The number of nitrogens with zero attached hydrogens (tertiary/aromatic N) is 3. The van der Waals surface area contributed by atoms with Crippen molar-refractivity contribution in [3.63, 3.8) is 0 Å². The molecule has 0 aliphatic carbocycles. The summed E-state index contributed by atoms with van der Waals surface area (Å²) in [5.74, 6) is 0. The van der Waals surface area contributed by atoms with E-state index in [-0.39, 0.29) is 6.09 Å². The van der Waals surface area contributed by atoms with Crippen LogP contribution in [0.3, 0.4) is 0 Å². The minimum absolute atomic E-state index is 0.242. The van der Waals surface area contributed by atoms with Crippen molar-refractivity contribution in [2.75, 3.05) is 31.1 Å². The van der Waals surface area contributed by atoms with Gasteiger partial charge in [-0.2, -0.15) is 0 Å². The van der Waals surface area contributed by atoms with Crippen LogP contribution in [0.25, 0.3) is 0 Å². The van der Waals surface area contributed by atoms with Crippen LogP contribution in [-0.2, 0) is 4.74 Å². The van der Waals surface area contributed by atoms with Gasteiger partial charge in [0.15, 0.2) is 0 Å². The highest BCUT2D eigenvalue weighted by Crippen LogP contribution is 2.23. The summed E-state index contributed by atoms with van der Waals surface area (Å²) in [6, 6.07) is 1.86. The number of pyridine rings is 1. The van der Waals surface area contributed by atoms with E-state index in [0.717, 1.165) is 24.3 Å². The molecule has 1 aromatic rings. The van der Waals surface area contributed by atoms with Crippen LogP contribution in [0.5, 0.6) is 0 Å². The van der Waals surface area contributed by atoms with Crippen molar-refractivity contribution in [2.45, 2.75) is 33.3 Å². The first-order chi connectivity index (χ1) is 9.76. The molecular weight excluding hydrogens is 290 g/mol. The van der Waals surface area contributed by atoms with E-state index in [1.54, 1.807) is 11.1 Å². The van der Waals surface area contributed by atoms with Gasteiger partial charge >= 0.3 is 6.09 Å². The van der Waals surface area contributed by atoms with Crippen molar-refractivity contribution in [3.8, 4) is 0 Å². The number of hydrogen-bond donors (Lipinski definition) is 0.